The van der Waals surface area contributed by atoms with Crippen LogP contribution in [0.2, 0.25) is 0 Å². The fourth-order valence-electron chi connectivity index (χ4n) is 3.07. The Morgan fingerprint density at radius 1 is 1.19 bits per heavy atom. The van der Waals surface area contributed by atoms with Crippen LogP contribution < -0.4 is 10.2 Å². The van der Waals surface area contributed by atoms with Gasteiger partial charge in [-0.2, -0.15) is 5.10 Å². The third-order valence-corrected chi connectivity index (χ3v) is 4.73. The first-order valence-electron chi connectivity index (χ1n) is 8.53. The van der Waals surface area contributed by atoms with Gasteiger partial charge in [-0.3, -0.25) is 9.59 Å². The Bertz CT molecular complexity index is 749. The highest BCUT2D eigenvalue weighted by atomic mass is 16.5. The van der Waals surface area contributed by atoms with Crippen LogP contribution in [-0.2, 0) is 14.4 Å². The number of aliphatic carboxylic acids is 1. The number of carboxylic acid groups (broad SMARTS) is 1. The molecule has 2 amide bonds. The van der Waals surface area contributed by atoms with Crippen LogP contribution in [0.1, 0.15) is 31.2 Å². The summed E-state index contributed by atoms with van der Waals surface area (Å²) in [6, 6.07) is 7.21. The van der Waals surface area contributed by atoms with E-state index in [0.29, 0.717) is 17.9 Å². The minimum atomic E-state index is -1.35. The number of hydrogen-bond acceptors (Lipinski definition) is 5. The molecule has 0 bridgehead atoms. The molecule has 2 aliphatic heterocycles. The van der Waals surface area contributed by atoms with E-state index in [-0.39, 0.29) is 44.2 Å². The van der Waals surface area contributed by atoms with E-state index in [1.54, 1.807) is 17.0 Å². The lowest BCUT2D eigenvalue weighted by Gasteiger charge is -2.39. The first-order chi connectivity index (χ1) is 12.4. The van der Waals surface area contributed by atoms with Crippen molar-refractivity contribution in [2.75, 3.05) is 13.1 Å². The molecular weight excluding hydrogens is 338 g/mol. The summed E-state index contributed by atoms with van der Waals surface area (Å²) in [7, 11) is 0. The quantitative estimate of drug-likeness (QED) is 0.836. The molecule has 1 fully saturated rings. The van der Waals surface area contributed by atoms with Gasteiger partial charge < -0.3 is 14.7 Å². The molecule has 3 rings (SSSR count). The van der Waals surface area contributed by atoms with Crippen molar-refractivity contribution in [3.05, 3.63) is 29.8 Å². The third kappa shape index (κ3) is 3.68. The van der Waals surface area contributed by atoms with Crippen LogP contribution in [-0.4, -0.2) is 52.2 Å². The lowest BCUT2D eigenvalue weighted by atomic mass is 9.90. The van der Waals surface area contributed by atoms with Gasteiger partial charge in [0.15, 0.2) is 0 Å². The molecule has 0 unspecified atom stereocenters. The van der Waals surface area contributed by atoms with Crippen LogP contribution in [0, 0.1) is 6.92 Å². The topological polar surface area (TPSA) is 108 Å². The molecule has 1 saturated heterocycles. The Balaban J connectivity index is 1.67. The summed E-state index contributed by atoms with van der Waals surface area (Å²) >= 11 is 0. The number of piperidine rings is 1. The number of carbonyl (C=O) groups excluding carboxylic acids is 2. The average Bonchev–Trinajstić information content (AvgIpc) is 2.64. The number of amides is 2. The minimum absolute atomic E-state index is 0.182. The van der Waals surface area contributed by atoms with Gasteiger partial charge in [-0.1, -0.05) is 17.7 Å². The second-order valence-corrected chi connectivity index (χ2v) is 6.60. The molecule has 1 aromatic carbocycles. The van der Waals surface area contributed by atoms with Crippen molar-refractivity contribution in [3.63, 3.8) is 0 Å². The fourth-order valence-corrected chi connectivity index (χ4v) is 3.07. The molecule has 0 aromatic heterocycles. The van der Waals surface area contributed by atoms with Crippen molar-refractivity contribution in [3.8, 4) is 5.75 Å². The van der Waals surface area contributed by atoms with Crippen LogP contribution in [0.5, 0.6) is 5.75 Å². The van der Waals surface area contributed by atoms with Crippen LogP contribution in [0.25, 0.3) is 0 Å². The van der Waals surface area contributed by atoms with E-state index in [4.69, 9.17) is 4.74 Å². The second kappa shape index (κ2) is 7.15. The van der Waals surface area contributed by atoms with Gasteiger partial charge in [0.05, 0.1) is 0 Å². The van der Waals surface area contributed by atoms with Gasteiger partial charge in [0.25, 0.3) is 5.91 Å². The lowest BCUT2D eigenvalue weighted by molar-refractivity contribution is -0.161. The molecule has 0 atom stereocenters. The summed E-state index contributed by atoms with van der Waals surface area (Å²) in [6.45, 7) is 2.45. The monoisotopic (exact) mass is 359 g/mol. The summed E-state index contributed by atoms with van der Waals surface area (Å²) in [6.07, 6.45) is 0.891. The number of benzene rings is 1. The molecule has 2 N–H and O–H groups in total. The Morgan fingerprint density at radius 3 is 2.38 bits per heavy atom. The fraction of sp³-hybridized carbons (Fsp3) is 0.444. The number of ether oxygens (including phenoxy) is 1. The Hall–Kier alpha value is -2.90. The van der Waals surface area contributed by atoms with Crippen molar-refractivity contribution in [2.24, 2.45) is 5.10 Å². The zero-order valence-electron chi connectivity index (χ0n) is 14.5. The second-order valence-electron chi connectivity index (χ2n) is 6.60. The number of hydrogen-bond donors (Lipinski definition) is 2. The highest BCUT2D eigenvalue weighted by Crippen LogP contribution is 2.30. The SMILES string of the molecule is Cc1ccc(OC2(C(=O)O)CCN(C(=O)C3=NNC(=O)CC3)CC2)cc1. The highest BCUT2D eigenvalue weighted by Gasteiger charge is 2.45. The van der Waals surface area contributed by atoms with Gasteiger partial charge >= 0.3 is 5.97 Å². The lowest BCUT2D eigenvalue weighted by Crippen LogP contribution is -2.55. The number of hydrazone groups is 1. The molecule has 1 aromatic rings. The van der Waals surface area contributed by atoms with Crippen LogP contribution >= 0.6 is 0 Å². The Kier molecular flexibility index (Phi) is 4.92. The number of likely N-dealkylation sites (tertiary alicyclic amines) is 1. The molecular formula is C18H21N3O5. The molecule has 0 radical (unpaired) electrons. The molecule has 8 heteroatoms. The maximum atomic E-state index is 12.5. The molecule has 0 spiro atoms. The maximum absolute atomic E-state index is 12.5. The van der Waals surface area contributed by atoms with Crippen molar-refractivity contribution < 1.29 is 24.2 Å². The van der Waals surface area contributed by atoms with E-state index in [0.717, 1.165) is 5.56 Å². The highest BCUT2D eigenvalue weighted by molar-refractivity contribution is 6.39. The maximum Gasteiger partial charge on any atom is 0.348 e. The van der Waals surface area contributed by atoms with Gasteiger partial charge in [0, 0.05) is 38.8 Å². The van der Waals surface area contributed by atoms with Crippen molar-refractivity contribution >= 4 is 23.5 Å². The van der Waals surface area contributed by atoms with Crippen molar-refractivity contribution in [1.82, 2.24) is 10.3 Å². The van der Waals surface area contributed by atoms with Crippen LogP contribution in [0.15, 0.2) is 29.4 Å². The first-order valence-corrected chi connectivity index (χ1v) is 8.53. The summed E-state index contributed by atoms with van der Waals surface area (Å²) in [5.74, 6) is -1.01. The zero-order valence-corrected chi connectivity index (χ0v) is 14.5. The smallest absolute Gasteiger partial charge is 0.348 e. The van der Waals surface area contributed by atoms with Crippen molar-refractivity contribution in [2.45, 2.75) is 38.2 Å². The number of carbonyl (C=O) groups is 3. The van der Waals surface area contributed by atoms with Gasteiger partial charge in [0.2, 0.25) is 11.5 Å². The zero-order chi connectivity index (χ0) is 18.7. The van der Waals surface area contributed by atoms with Crippen LogP contribution in [0.4, 0.5) is 0 Å². The standard InChI is InChI=1S/C18H21N3O5/c1-12-2-4-13(5-3-12)26-18(17(24)25)8-10-21(11-9-18)16(23)14-6-7-15(22)20-19-14/h2-5H,6-11H2,1H3,(H,20,22)(H,24,25). The Morgan fingerprint density at radius 2 is 1.85 bits per heavy atom. The van der Waals surface area contributed by atoms with Crippen molar-refractivity contribution in [1.29, 1.82) is 0 Å². The average molecular weight is 359 g/mol. The number of aryl methyl sites for hydroxylation is 1. The van der Waals surface area contributed by atoms with Gasteiger partial charge in [0.1, 0.15) is 11.5 Å². The predicted octanol–water partition coefficient (Wildman–Crippen LogP) is 1.09. The molecule has 2 heterocycles. The molecule has 0 aliphatic carbocycles. The summed E-state index contributed by atoms with van der Waals surface area (Å²) in [4.78, 5) is 37.1. The van der Waals surface area contributed by atoms with E-state index in [2.05, 4.69) is 10.5 Å². The largest absolute Gasteiger partial charge is 0.478 e. The molecule has 138 valence electrons. The van der Waals surface area contributed by atoms with E-state index < -0.39 is 11.6 Å². The summed E-state index contributed by atoms with van der Waals surface area (Å²) in [5.41, 5.74) is 2.31. The third-order valence-electron chi connectivity index (χ3n) is 4.73. The van der Waals surface area contributed by atoms with Gasteiger partial charge in [-0.05, 0) is 19.1 Å². The van der Waals surface area contributed by atoms with E-state index >= 15 is 0 Å². The number of carboxylic acids is 1. The normalized spacial score (nSPS) is 19.3. The molecule has 2 aliphatic rings. The Labute approximate surface area is 150 Å². The van der Waals surface area contributed by atoms with E-state index in [9.17, 15) is 19.5 Å². The molecule has 26 heavy (non-hydrogen) atoms. The number of rotatable bonds is 4. The first kappa shape index (κ1) is 17.9. The molecule has 0 saturated carbocycles. The van der Waals surface area contributed by atoms with Crippen LogP contribution in [0.3, 0.4) is 0 Å². The van der Waals surface area contributed by atoms with Gasteiger partial charge in [-0.15, -0.1) is 0 Å². The van der Waals surface area contributed by atoms with E-state index in [1.807, 2.05) is 19.1 Å². The van der Waals surface area contributed by atoms with Gasteiger partial charge in [-0.25, -0.2) is 10.2 Å². The van der Waals surface area contributed by atoms with E-state index in [1.165, 1.54) is 0 Å². The number of nitrogens with one attached hydrogen (secondary N) is 1. The summed E-state index contributed by atoms with van der Waals surface area (Å²) < 4.78 is 5.82. The summed E-state index contributed by atoms with van der Waals surface area (Å²) in [5, 5.41) is 13.5. The minimum Gasteiger partial charge on any atom is -0.478 e. The molecule has 8 nitrogen and oxygen atoms in total. The number of nitrogens with zero attached hydrogens (tertiary/aromatic N) is 2. The predicted molar refractivity (Wildman–Crippen MR) is 92.8 cm³/mol.